The average Bonchev–Trinajstić information content (AvgIpc) is 2.45. The van der Waals surface area contributed by atoms with E-state index in [-0.39, 0.29) is 6.03 Å². The number of anilines is 2. The molecule has 2 aromatic rings. The van der Waals surface area contributed by atoms with E-state index in [1.54, 1.807) is 0 Å². The van der Waals surface area contributed by atoms with Gasteiger partial charge in [-0.25, -0.2) is 25.4 Å². The van der Waals surface area contributed by atoms with Crippen LogP contribution in [-0.2, 0) is 20.4 Å². The fourth-order valence-electron chi connectivity index (χ4n) is 1.34. The number of nitrogens with two attached hydrogens (primary N) is 4. The molecule has 0 aromatic heterocycles. The minimum absolute atomic E-state index is 0.239. The Kier molecular flexibility index (Phi) is 10.0. The summed E-state index contributed by atoms with van der Waals surface area (Å²) in [4.78, 5) is 11.6. The monoisotopic (exact) mass is 404 g/mol. The lowest BCUT2D eigenvalue weighted by Gasteiger charge is -2.06. The van der Waals surface area contributed by atoms with Crippen molar-refractivity contribution in [3.8, 4) is 0 Å². The minimum atomic E-state index is -3.67. The van der Waals surface area contributed by atoms with Crippen LogP contribution in [0.3, 0.4) is 0 Å². The zero-order valence-electron chi connectivity index (χ0n) is 13.4. The van der Waals surface area contributed by atoms with E-state index in [0.29, 0.717) is 0 Å². The molecule has 0 saturated heterocycles. The van der Waals surface area contributed by atoms with Crippen molar-refractivity contribution >= 4 is 37.8 Å². The number of hydrogen-bond acceptors (Lipinski definition) is 5. The van der Waals surface area contributed by atoms with Gasteiger partial charge in [0.1, 0.15) is 0 Å². The first-order valence-corrected chi connectivity index (χ1v) is 9.85. The molecule has 144 valence electrons. The number of rotatable bonds is 2. The van der Waals surface area contributed by atoms with Gasteiger partial charge in [0.2, 0.25) is 0 Å². The Bertz CT molecular complexity index is 784. The summed E-state index contributed by atoms with van der Waals surface area (Å²) in [5.41, 5.74) is 1.55. The number of amides is 2. The molecule has 11 nitrogen and oxygen atoms in total. The van der Waals surface area contributed by atoms with Crippen LogP contribution in [0.4, 0.5) is 16.2 Å². The molecule has 2 rings (SSSR count). The second kappa shape index (κ2) is 11.1. The second-order valence-electron chi connectivity index (χ2n) is 4.49. The quantitative estimate of drug-likeness (QED) is 0.394. The molecule has 0 atom stereocenters. The normalized spacial score (nSPS) is 10.3. The van der Waals surface area contributed by atoms with Crippen LogP contribution in [0.5, 0.6) is 0 Å². The molecule has 0 bridgehead atoms. The third-order valence-corrected chi connectivity index (χ3v) is 2.06. The third kappa shape index (κ3) is 19.5. The number of benzene rings is 2. The summed E-state index contributed by atoms with van der Waals surface area (Å²) in [6, 6.07) is 18.4. The Morgan fingerprint density at radius 3 is 1.08 bits per heavy atom. The topological polar surface area (TPSA) is 213 Å². The molecule has 0 unspecified atom stereocenters. The van der Waals surface area contributed by atoms with Crippen molar-refractivity contribution < 1.29 is 21.6 Å². The number of carbonyl (C=O) groups excluding carboxylic acids is 1. The molecule has 26 heavy (non-hydrogen) atoms. The molecule has 0 spiro atoms. The fraction of sp³-hybridized carbons (Fsp3) is 0. The molecule has 0 radical (unpaired) electrons. The Morgan fingerprint density at radius 1 is 0.615 bits per heavy atom. The SMILES string of the molecule is NS(N)(=O)=O.NS(N)(=O)=O.O=C(Nc1ccccc1)Nc1ccccc1. The lowest BCUT2D eigenvalue weighted by Crippen LogP contribution is -2.21. The van der Waals surface area contributed by atoms with E-state index in [0.717, 1.165) is 11.4 Å². The third-order valence-electron chi connectivity index (χ3n) is 2.06. The zero-order chi connectivity index (χ0) is 20.2. The number of hydrogen-bond donors (Lipinski definition) is 6. The van der Waals surface area contributed by atoms with Gasteiger partial charge in [-0.1, -0.05) is 36.4 Å². The van der Waals surface area contributed by atoms with Gasteiger partial charge in [0.15, 0.2) is 0 Å². The lowest BCUT2D eigenvalue weighted by molar-refractivity contribution is 0.262. The molecule has 0 fully saturated rings. The van der Waals surface area contributed by atoms with Crippen LogP contribution in [-0.4, -0.2) is 22.9 Å². The molecule has 2 aromatic carbocycles. The molecule has 2 amide bonds. The van der Waals surface area contributed by atoms with Gasteiger partial charge in [-0.2, -0.15) is 16.8 Å². The van der Waals surface area contributed by atoms with E-state index in [1.807, 2.05) is 60.7 Å². The summed E-state index contributed by atoms with van der Waals surface area (Å²) in [5.74, 6) is 0. The summed E-state index contributed by atoms with van der Waals surface area (Å²) in [5, 5.41) is 21.9. The molecule has 0 heterocycles. The van der Waals surface area contributed by atoms with Crippen molar-refractivity contribution in [2.45, 2.75) is 0 Å². The maximum absolute atomic E-state index is 11.6. The van der Waals surface area contributed by atoms with Gasteiger partial charge in [0.05, 0.1) is 0 Å². The molecular weight excluding hydrogens is 384 g/mol. The van der Waals surface area contributed by atoms with E-state index in [1.165, 1.54) is 0 Å². The molecule has 0 saturated carbocycles. The molecular formula is C13H20N6O5S2. The predicted molar refractivity (Wildman–Crippen MR) is 100 cm³/mol. The number of urea groups is 1. The van der Waals surface area contributed by atoms with E-state index < -0.39 is 20.4 Å². The largest absolute Gasteiger partial charge is 0.323 e. The van der Waals surface area contributed by atoms with Crippen LogP contribution in [0.15, 0.2) is 60.7 Å². The van der Waals surface area contributed by atoms with Gasteiger partial charge in [-0.05, 0) is 24.3 Å². The summed E-state index contributed by atoms with van der Waals surface area (Å²) in [6.45, 7) is 0. The van der Waals surface area contributed by atoms with Gasteiger partial charge < -0.3 is 10.6 Å². The van der Waals surface area contributed by atoms with Crippen molar-refractivity contribution in [1.82, 2.24) is 0 Å². The Balaban J connectivity index is 0.000000520. The first-order valence-electron chi connectivity index (χ1n) is 6.63. The minimum Gasteiger partial charge on any atom is -0.308 e. The van der Waals surface area contributed by atoms with Gasteiger partial charge >= 0.3 is 6.03 Å². The molecule has 10 N–H and O–H groups in total. The fourth-order valence-corrected chi connectivity index (χ4v) is 1.34. The number of carbonyl (C=O) groups is 1. The highest BCUT2D eigenvalue weighted by atomic mass is 32.2. The van der Waals surface area contributed by atoms with Crippen LogP contribution in [0, 0.1) is 0 Å². The Hall–Kier alpha value is -2.55. The highest BCUT2D eigenvalue weighted by molar-refractivity contribution is 7.87. The summed E-state index contributed by atoms with van der Waals surface area (Å²) in [7, 11) is -7.33. The molecule has 13 heteroatoms. The molecule has 0 aliphatic rings. The van der Waals surface area contributed by atoms with Crippen molar-refractivity contribution in [3.63, 3.8) is 0 Å². The maximum Gasteiger partial charge on any atom is 0.323 e. The van der Waals surface area contributed by atoms with Gasteiger partial charge in [0.25, 0.3) is 20.4 Å². The summed E-state index contributed by atoms with van der Waals surface area (Å²) < 4.78 is 36.8. The van der Waals surface area contributed by atoms with Crippen LogP contribution < -0.4 is 31.2 Å². The van der Waals surface area contributed by atoms with Crippen molar-refractivity contribution in [2.24, 2.45) is 20.6 Å². The predicted octanol–water partition coefficient (Wildman–Crippen LogP) is -0.372. The Labute approximate surface area is 151 Å². The standard InChI is InChI=1S/C13H12N2O.2H4N2O2S/c16-13(14-11-7-3-1-4-8-11)15-12-9-5-2-6-10-12;2*1-5(2,3)4/h1-10H,(H2,14,15,16);2*(H4,1,2,3,4). The van der Waals surface area contributed by atoms with Crippen molar-refractivity contribution in [3.05, 3.63) is 60.7 Å². The zero-order valence-corrected chi connectivity index (χ0v) is 15.1. The first kappa shape index (κ1) is 23.4. The van der Waals surface area contributed by atoms with E-state index in [2.05, 4.69) is 31.2 Å². The van der Waals surface area contributed by atoms with Crippen molar-refractivity contribution in [1.29, 1.82) is 0 Å². The van der Waals surface area contributed by atoms with E-state index >= 15 is 0 Å². The summed E-state index contributed by atoms with van der Waals surface area (Å²) in [6.07, 6.45) is 0. The first-order chi connectivity index (χ1) is 11.8. The van der Waals surface area contributed by atoms with Gasteiger partial charge in [0, 0.05) is 11.4 Å². The average molecular weight is 404 g/mol. The highest BCUT2D eigenvalue weighted by Gasteiger charge is 2.00. The van der Waals surface area contributed by atoms with E-state index in [9.17, 15) is 21.6 Å². The van der Waals surface area contributed by atoms with Crippen LogP contribution in [0.1, 0.15) is 0 Å². The maximum atomic E-state index is 11.6. The van der Waals surface area contributed by atoms with Crippen LogP contribution in [0.25, 0.3) is 0 Å². The molecule has 0 aliphatic heterocycles. The number of para-hydroxylation sites is 2. The molecule has 0 aliphatic carbocycles. The lowest BCUT2D eigenvalue weighted by atomic mass is 10.3. The van der Waals surface area contributed by atoms with Crippen LogP contribution in [0.2, 0.25) is 0 Å². The van der Waals surface area contributed by atoms with E-state index in [4.69, 9.17) is 0 Å². The number of nitrogens with one attached hydrogen (secondary N) is 2. The smallest absolute Gasteiger partial charge is 0.308 e. The van der Waals surface area contributed by atoms with Crippen molar-refractivity contribution in [2.75, 3.05) is 10.6 Å². The van der Waals surface area contributed by atoms with Gasteiger partial charge in [-0.15, -0.1) is 0 Å². The second-order valence-corrected chi connectivity index (χ2v) is 6.85. The van der Waals surface area contributed by atoms with Gasteiger partial charge in [-0.3, -0.25) is 0 Å². The summed E-state index contributed by atoms with van der Waals surface area (Å²) >= 11 is 0. The Morgan fingerprint density at radius 2 is 0.846 bits per heavy atom. The highest BCUT2D eigenvalue weighted by Crippen LogP contribution is 2.08. The van der Waals surface area contributed by atoms with Crippen LogP contribution >= 0.6 is 0 Å².